The van der Waals surface area contributed by atoms with Crippen molar-refractivity contribution >= 4 is 23.9 Å². The van der Waals surface area contributed by atoms with Gasteiger partial charge in [0, 0.05) is 26.2 Å². The zero-order chi connectivity index (χ0) is 23.4. The number of cyclic esters (lactones) is 1. The number of hydrogen-bond donors (Lipinski definition) is 4. The van der Waals surface area contributed by atoms with E-state index < -0.39 is 0 Å². The van der Waals surface area contributed by atoms with Crippen LogP contribution in [0.3, 0.4) is 0 Å². The van der Waals surface area contributed by atoms with Gasteiger partial charge >= 0.3 is 12.0 Å². The zero-order valence-electron chi connectivity index (χ0n) is 19.3. The van der Waals surface area contributed by atoms with E-state index in [-0.39, 0.29) is 30.9 Å². The first-order valence-corrected chi connectivity index (χ1v) is 11.7. The van der Waals surface area contributed by atoms with E-state index in [0.717, 1.165) is 64.3 Å². The summed E-state index contributed by atoms with van der Waals surface area (Å²) in [5.74, 6) is 0.212. The minimum absolute atomic E-state index is 0.0350. The summed E-state index contributed by atoms with van der Waals surface area (Å²) in [6.07, 6.45) is 10.8. The number of unbranched alkanes of at least 4 members (excludes halogenated alkanes) is 5. The predicted molar refractivity (Wildman–Crippen MR) is 128 cm³/mol. The van der Waals surface area contributed by atoms with Crippen molar-refractivity contribution in [3.8, 4) is 0 Å². The highest BCUT2D eigenvalue weighted by molar-refractivity contribution is 5.95. The number of esters is 1. The van der Waals surface area contributed by atoms with Crippen LogP contribution in [0.2, 0.25) is 0 Å². The predicted octanol–water partition coefficient (Wildman–Crippen LogP) is 1.86. The number of carbonyl (C=O) groups excluding carboxylic acids is 2. The highest BCUT2D eigenvalue weighted by Gasteiger charge is 2.14. The molecule has 0 atom stereocenters. The largest absolute Gasteiger partial charge is 0.466 e. The SMILES string of the molecule is C=CCNC(N)=NCCCCCCCCN1CCCCCOC(=O)CCN=C(N)NC1=O. The molecule has 1 rings (SSSR count). The van der Waals surface area contributed by atoms with Crippen LogP contribution in [-0.4, -0.2) is 68.2 Å². The number of ether oxygens (including phenoxy) is 1. The fourth-order valence-electron chi connectivity index (χ4n) is 3.20. The molecule has 0 aromatic heterocycles. The molecule has 0 saturated heterocycles. The molecule has 0 fully saturated rings. The molecule has 10 heteroatoms. The average molecular weight is 452 g/mol. The number of urea groups is 1. The van der Waals surface area contributed by atoms with Crippen LogP contribution in [0.15, 0.2) is 22.6 Å². The summed E-state index contributed by atoms with van der Waals surface area (Å²) in [7, 11) is 0. The number of rotatable bonds is 11. The van der Waals surface area contributed by atoms with Gasteiger partial charge in [0.1, 0.15) is 0 Å². The maximum atomic E-state index is 12.5. The third kappa shape index (κ3) is 14.3. The monoisotopic (exact) mass is 451 g/mol. The second kappa shape index (κ2) is 17.9. The number of aliphatic imine (C=N–C) groups is 2. The molecule has 0 aliphatic carbocycles. The quantitative estimate of drug-likeness (QED) is 0.124. The van der Waals surface area contributed by atoms with Crippen LogP contribution in [0.1, 0.15) is 64.2 Å². The lowest BCUT2D eigenvalue weighted by Gasteiger charge is -2.23. The number of guanidine groups is 2. The summed E-state index contributed by atoms with van der Waals surface area (Å²) in [6.45, 7) is 6.92. The lowest BCUT2D eigenvalue weighted by Crippen LogP contribution is -2.46. The van der Waals surface area contributed by atoms with Crippen molar-refractivity contribution in [1.29, 1.82) is 0 Å². The van der Waals surface area contributed by atoms with Crippen molar-refractivity contribution in [2.45, 2.75) is 64.2 Å². The molecule has 1 aliphatic heterocycles. The van der Waals surface area contributed by atoms with E-state index >= 15 is 0 Å². The molecule has 0 spiro atoms. The van der Waals surface area contributed by atoms with Crippen LogP contribution in [0.25, 0.3) is 0 Å². The van der Waals surface area contributed by atoms with Crippen LogP contribution in [-0.2, 0) is 9.53 Å². The van der Waals surface area contributed by atoms with Gasteiger partial charge in [-0.1, -0.05) is 31.8 Å². The Kier molecular flexibility index (Phi) is 15.2. The number of nitrogens with zero attached hydrogens (tertiary/aromatic N) is 3. The van der Waals surface area contributed by atoms with E-state index in [4.69, 9.17) is 16.2 Å². The first-order valence-electron chi connectivity index (χ1n) is 11.7. The van der Waals surface area contributed by atoms with Crippen molar-refractivity contribution in [2.24, 2.45) is 21.5 Å². The fourth-order valence-corrected chi connectivity index (χ4v) is 3.20. The molecule has 0 unspecified atom stereocenters. The molecular formula is C22H41N7O3. The lowest BCUT2D eigenvalue weighted by atomic mass is 10.1. The molecular weight excluding hydrogens is 410 g/mol. The number of amides is 2. The Morgan fingerprint density at radius 1 is 1.19 bits per heavy atom. The summed E-state index contributed by atoms with van der Waals surface area (Å²) < 4.78 is 5.15. The zero-order valence-corrected chi connectivity index (χ0v) is 19.3. The van der Waals surface area contributed by atoms with Gasteiger partial charge in [0.15, 0.2) is 11.9 Å². The Morgan fingerprint density at radius 2 is 1.94 bits per heavy atom. The van der Waals surface area contributed by atoms with Crippen LogP contribution >= 0.6 is 0 Å². The second-order valence-electron chi connectivity index (χ2n) is 7.77. The van der Waals surface area contributed by atoms with Crippen LogP contribution in [0, 0.1) is 0 Å². The molecule has 6 N–H and O–H groups in total. The molecule has 10 nitrogen and oxygen atoms in total. The highest BCUT2D eigenvalue weighted by Crippen LogP contribution is 2.08. The third-order valence-corrected chi connectivity index (χ3v) is 5.00. The molecule has 1 heterocycles. The van der Waals surface area contributed by atoms with E-state index in [2.05, 4.69) is 27.2 Å². The number of nitrogens with two attached hydrogens (primary N) is 2. The van der Waals surface area contributed by atoms with Crippen LogP contribution in [0.5, 0.6) is 0 Å². The highest BCUT2D eigenvalue weighted by atomic mass is 16.5. The van der Waals surface area contributed by atoms with Gasteiger partial charge in [-0.3, -0.25) is 20.1 Å². The van der Waals surface area contributed by atoms with Crippen LogP contribution < -0.4 is 22.1 Å². The normalized spacial score (nSPS) is 17.1. The molecule has 32 heavy (non-hydrogen) atoms. The summed E-state index contributed by atoms with van der Waals surface area (Å²) in [6, 6.07) is -0.230. The van der Waals surface area contributed by atoms with E-state index in [1.165, 1.54) is 0 Å². The average Bonchev–Trinajstić information content (AvgIpc) is 2.76. The summed E-state index contributed by atoms with van der Waals surface area (Å²) in [5.41, 5.74) is 11.5. The fraction of sp³-hybridized carbons (Fsp3) is 0.727. The van der Waals surface area contributed by atoms with Crippen molar-refractivity contribution in [2.75, 3.05) is 39.3 Å². The topological polar surface area (TPSA) is 147 Å². The molecule has 1 aliphatic rings. The van der Waals surface area contributed by atoms with E-state index in [0.29, 0.717) is 32.2 Å². The molecule has 0 radical (unpaired) electrons. The van der Waals surface area contributed by atoms with E-state index in [1.807, 2.05) is 0 Å². The first-order chi connectivity index (χ1) is 15.5. The van der Waals surface area contributed by atoms with Gasteiger partial charge in [-0.05, 0) is 32.1 Å². The molecule has 0 aromatic carbocycles. The third-order valence-electron chi connectivity index (χ3n) is 5.00. The summed E-state index contributed by atoms with van der Waals surface area (Å²) >= 11 is 0. The van der Waals surface area contributed by atoms with Gasteiger partial charge in [-0.25, -0.2) is 4.79 Å². The molecule has 0 saturated carbocycles. The second-order valence-corrected chi connectivity index (χ2v) is 7.77. The van der Waals surface area contributed by atoms with Crippen molar-refractivity contribution in [1.82, 2.24) is 15.5 Å². The Bertz CT molecular complexity index is 623. The van der Waals surface area contributed by atoms with Gasteiger partial charge in [0.05, 0.1) is 19.6 Å². The maximum absolute atomic E-state index is 12.5. The Labute approximate surface area is 191 Å². The van der Waals surface area contributed by atoms with Crippen molar-refractivity contribution < 1.29 is 14.3 Å². The van der Waals surface area contributed by atoms with Crippen LogP contribution in [0.4, 0.5) is 4.79 Å². The van der Waals surface area contributed by atoms with E-state index in [1.54, 1.807) is 11.0 Å². The first kappa shape index (κ1) is 27.3. The Hall–Kier alpha value is -2.78. The Morgan fingerprint density at radius 3 is 2.72 bits per heavy atom. The van der Waals surface area contributed by atoms with Gasteiger partial charge in [-0.15, -0.1) is 6.58 Å². The lowest BCUT2D eigenvalue weighted by molar-refractivity contribution is -0.143. The minimum atomic E-state index is -0.288. The summed E-state index contributed by atoms with van der Waals surface area (Å²) in [5, 5.41) is 5.58. The van der Waals surface area contributed by atoms with Crippen molar-refractivity contribution in [3.63, 3.8) is 0 Å². The Balaban J connectivity index is 2.28. The van der Waals surface area contributed by atoms with Crippen molar-refractivity contribution in [3.05, 3.63) is 12.7 Å². The van der Waals surface area contributed by atoms with Gasteiger partial charge < -0.3 is 26.4 Å². The number of carbonyl (C=O) groups is 2. The standard InChI is InChI=1S/C22H41N7O3/c1-2-13-25-20(23)26-14-8-5-3-4-6-9-16-29-17-10-7-11-18-32-19(30)12-15-27-21(24)28-22(29)31/h2H,1,3-18H2,(H3,23,25,26)(H3,24,27,28,31). The number of hydrogen-bond acceptors (Lipinski definition) is 6. The molecule has 0 bridgehead atoms. The molecule has 0 aromatic rings. The molecule has 2 amide bonds. The summed E-state index contributed by atoms with van der Waals surface area (Å²) in [4.78, 5) is 34.2. The van der Waals surface area contributed by atoms with E-state index in [9.17, 15) is 9.59 Å². The smallest absolute Gasteiger partial charge is 0.324 e. The minimum Gasteiger partial charge on any atom is -0.466 e. The maximum Gasteiger partial charge on any atom is 0.324 e. The van der Waals surface area contributed by atoms with Gasteiger partial charge in [-0.2, -0.15) is 0 Å². The molecule has 182 valence electrons. The number of nitrogens with one attached hydrogen (secondary N) is 2. The van der Waals surface area contributed by atoms with Gasteiger partial charge in [0.2, 0.25) is 0 Å². The van der Waals surface area contributed by atoms with Gasteiger partial charge in [0.25, 0.3) is 0 Å².